The lowest BCUT2D eigenvalue weighted by molar-refractivity contribution is -0.176. The number of hydrogen-bond acceptors (Lipinski definition) is 13. The lowest BCUT2D eigenvalue weighted by atomic mass is 9.74. The van der Waals surface area contributed by atoms with Crippen molar-refractivity contribution >= 4 is 29.6 Å². The minimum absolute atomic E-state index is 0.109. The Bertz CT molecular complexity index is 1740. The zero-order chi connectivity index (χ0) is 34.4. The summed E-state index contributed by atoms with van der Waals surface area (Å²) in [7, 11) is 1.43. The van der Waals surface area contributed by atoms with Gasteiger partial charge in [-0.3, -0.25) is 14.5 Å². The van der Waals surface area contributed by atoms with E-state index in [4.69, 9.17) is 23.7 Å². The number of cyclic esters (lactones) is 1. The monoisotopic (exact) mass is 695 g/mol. The summed E-state index contributed by atoms with van der Waals surface area (Å²) in [5.74, 6) is -3.58. The van der Waals surface area contributed by atoms with Crippen LogP contribution in [-0.2, 0) is 25.5 Å². The lowest BCUT2D eigenvalue weighted by Crippen LogP contribution is -2.69. The van der Waals surface area contributed by atoms with Crippen molar-refractivity contribution in [3.63, 3.8) is 0 Å². The fraction of sp³-hybridized carbons (Fsp3) is 0.516. The summed E-state index contributed by atoms with van der Waals surface area (Å²) in [6.45, 7) is 4.04. The normalized spacial score (nSPS) is 28.8. The number of aliphatic hydroxyl groups excluding tert-OH is 1. The quantitative estimate of drug-likeness (QED) is 0.274. The number of fused-ring (bicyclic) bond motifs is 9. The number of alkyl halides is 3. The average Bonchev–Trinajstić information content (AvgIpc) is 3.51. The van der Waals surface area contributed by atoms with E-state index in [0.29, 0.717) is 45.7 Å². The number of carbonyl (C=O) groups is 3. The molecule has 0 radical (unpaired) electrons. The van der Waals surface area contributed by atoms with E-state index in [-0.39, 0.29) is 24.0 Å². The molecule has 1 amide bonds. The molecular weight excluding hydrogens is 663 g/mol. The van der Waals surface area contributed by atoms with Crippen molar-refractivity contribution in [1.29, 1.82) is 0 Å². The van der Waals surface area contributed by atoms with Gasteiger partial charge in [-0.2, -0.15) is 13.2 Å². The van der Waals surface area contributed by atoms with Crippen LogP contribution < -0.4 is 29.6 Å². The molecule has 2 aromatic carbocycles. The van der Waals surface area contributed by atoms with E-state index in [0.717, 1.165) is 17.3 Å². The largest absolute Gasteiger partial charge is 0.504 e. The lowest BCUT2D eigenvalue weighted by Gasteiger charge is -2.59. The Morgan fingerprint density at radius 1 is 1.12 bits per heavy atom. The van der Waals surface area contributed by atoms with Gasteiger partial charge in [-0.1, -0.05) is 6.07 Å². The second-order valence-corrected chi connectivity index (χ2v) is 13.5. The molecule has 5 aliphatic heterocycles. The van der Waals surface area contributed by atoms with E-state index >= 15 is 0 Å². The number of phenolic OH excluding ortho intramolecular Hbond substituents is 1. The molecule has 0 aliphatic carbocycles. The van der Waals surface area contributed by atoms with Gasteiger partial charge in [0, 0.05) is 41.0 Å². The number of esters is 2. The zero-order valence-electron chi connectivity index (χ0n) is 26.1. The Hall–Kier alpha value is -3.93. The van der Waals surface area contributed by atoms with Crippen LogP contribution in [0.4, 0.5) is 13.2 Å². The number of aliphatic hydroxyl groups is 1. The van der Waals surface area contributed by atoms with Crippen molar-refractivity contribution in [2.45, 2.75) is 75.1 Å². The number of phenols is 1. The average molecular weight is 696 g/mol. The van der Waals surface area contributed by atoms with Crippen LogP contribution in [0.15, 0.2) is 6.07 Å². The van der Waals surface area contributed by atoms with Crippen molar-refractivity contribution < 1.29 is 61.5 Å². The number of hydrogen-bond donors (Lipinski definition) is 4. The Kier molecular flexibility index (Phi) is 7.88. The van der Waals surface area contributed by atoms with Gasteiger partial charge >= 0.3 is 24.0 Å². The molecule has 2 aromatic rings. The van der Waals surface area contributed by atoms with Crippen molar-refractivity contribution in [3.8, 4) is 28.7 Å². The third kappa shape index (κ3) is 4.92. The van der Waals surface area contributed by atoms with E-state index < -0.39 is 78.1 Å². The second-order valence-electron chi connectivity index (χ2n) is 12.3. The first-order chi connectivity index (χ1) is 22.7. The Balaban J connectivity index is 1.47. The number of aryl methyl sites for hydroxylation is 1. The van der Waals surface area contributed by atoms with Gasteiger partial charge in [0.15, 0.2) is 23.0 Å². The first-order valence-corrected chi connectivity index (χ1v) is 16.2. The molecule has 0 spiro atoms. The van der Waals surface area contributed by atoms with Gasteiger partial charge in [-0.25, -0.2) is 4.79 Å². The Labute approximate surface area is 276 Å². The van der Waals surface area contributed by atoms with Gasteiger partial charge < -0.3 is 44.5 Å². The van der Waals surface area contributed by atoms with Gasteiger partial charge in [0.2, 0.25) is 6.79 Å². The van der Waals surface area contributed by atoms with Crippen molar-refractivity contribution in [3.05, 3.63) is 39.4 Å². The van der Waals surface area contributed by atoms with Crippen LogP contribution in [0.3, 0.4) is 0 Å². The molecule has 0 saturated carbocycles. The summed E-state index contributed by atoms with van der Waals surface area (Å²) in [6, 6.07) is -2.86. The number of benzene rings is 2. The van der Waals surface area contributed by atoms with Gasteiger partial charge in [-0.15, -0.1) is 11.8 Å². The van der Waals surface area contributed by atoms with Gasteiger partial charge in [0.1, 0.15) is 24.6 Å². The van der Waals surface area contributed by atoms with E-state index in [1.54, 1.807) is 24.1 Å². The van der Waals surface area contributed by atoms with Crippen LogP contribution in [0.25, 0.3) is 0 Å². The summed E-state index contributed by atoms with van der Waals surface area (Å²) < 4.78 is 68.6. The molecule has 5 aliphatic rings. The molecule has 4 N–H and O–H groups in total. The van der Waals surface area contributed by atoms with Gasteiger partial charge in [-0.05, 0) is 31.4 Å². The predicted molar refractivity (Wildman–Crippen MR) is 160 cm³/mol. The van der Waals surface area contributed by atoms with Crippen LogP contribution in [0.5, 0.6) is 28.7 Å². The third-order valence-corrected chi connectivity index (χ3v) is 10.9. The number of aromatic hydroxyl groups is 1. The summed E-state index contributed by atoms with van der Waals surface area (Å²) in [4.78, 5) is 39.5. The highest BCUT2D eigenvalue weighted by atomic mass is 32.2. The zero-order valence-corrected chi connectivity index (χ0v) is 26.9. The molecule has 4 bridgehead atoms. The van der Waals surface area contributed by atoms with E-state index in [9.17, 15) is 37.8 Å². The van der Waals surface area contributed by atoms with Crippen molar-refractivity contribution in [2.75, 3.05) is 26.3 Å². The first kappa shape index (κ1) is 32.6. The number of halogens is 3. The molecule has 0 aromatic heterocycles. The highest BCUT2D eigenvalue weighted by molar-refractivity contribution is 7.99. The minimum atomic E-state index is -5.26. The molecule has 48 heavy (non-hydrogen) atoms. The number of carbonyl (C=O) groups excluding carboxylic acids is 3. The number of piperazine rings is 1. The van der Waals surface area contributed by atoms with Crippen molar-refractivity contribution in [1.82, 2.24) is 15.5 Å². The number of nitrogens with one attached hydrogen (secondary N) is 2. The van der Waals surface area contributed by atoms with Crippen LogP contribution in [0, 0.1) is 13.8 Å². The summed E-state index contributed by atoms with van der Waals surface area (Å²) in [5, 5.41) is 28.0. The summed E-state index contributed by atoms with van der Waals surface area (Å²) in [6.07, 6.45) is -6.13. The van der Waals surface area contributed by atoms with Gasteiger partial charge in [0.05, 0.1) is 30.5 Å². The summed E-state index contributed by atoms with van der Waals surface area (Å²) >= 11 is 1.01. The molecule has 17 heteroatoms. The first-order valence-electron chi connectivity index (χ1n) is 15.1. The molecule has 2 fully saturated rings. The van der Waals surface area contributed by atoms with Crippen molar-refractivity contribution in [2.24, 2.45) is 0 Å². The maximum atomic E-state index is 13.3. The number of ether oxygens (including phenoxy) is 5. The molecule has 1 unspecified atom stereocenters. The second kappa shape index (κ2) is 11.6. The number of amides is 1. The topological polar surface area (TPSA) is 165 Å². The maximum absolute atomic E-state index is 13.3. The number of methoxy groups -OCH3 is 1. The van der Waals surface area contributed by atoms with Crippen LogP contribution >= 0.6 is 11.8 Å². The fourth-order valence-electron chi connectivity index (χ4n) is 7.73. The molecular formula is C31H32F3N3O10S. The van der Waals surface area contributed by atoms with Crippen LogP contribution in [0.2, 0.25) is 0 Å². The predicted octanol–water partition coefficient (Wildman–Crippen LogP) is 2.36. The van der Waals surface area contributed by atoms with Gasteiger partial charge in [0.25, 0.3) is 0 Å². The van der Waals surface area contributed by atoms with Crippen LogP contribution in [-0.4, -0.2) is 89.8 Å². The Morgan fingerprint density at radius 3 is 2.54 bits per heavy atom. The fourth-order valence-corrected chi connectivity index (χ4v) is 9.24. The van der Waals surface area contributed by atoms with E-state index in [2.05, 4.69) is 5.32 Å². The number of rotatable bonds is 3. The molecule has 7 atom stereocenters. The standard InChI is InChI=1S/C31H32F3N3O10S/c1-10-5-13-6-14-28(40)37-16-7-44-29(41)15(36-30(42)31(32,33)34)8-48-27(21(37)20(35-14)17(13)22(39)23(10)43-4)19-18(16)26-25(45-9-46-26)11(2)24(19)47-12(3)38/h5,14-16,20-21,27-28,35,39-40H,6-9H2,1-4H3,(H,36,42)/t14-,15?,16+,20-,21-,27-,28+/m1/s1. The highest BCUT2D eigenvalue weighted by Crippen LogP contribution is 2.62. The molecule has 2 saturated heterocycles. The third-order valence-electron chi connectivity index (χ3n) is 9.54. The van der Waals surface area contributed by atoms with E-state index in [1.165, 1.54) is 14.0 Å². The number of nitrogens with zero attached hydrogens (tertiary/aromatic N) is 1. The molecule has 13 nitrogen and oxygen atoms in total. The SMILES string of the molecule is COc1c(C)cc2c(c1O)[C@H]1N[C@H](C2)[C@H](O)N2[C@H]1[C@@H]1SCC(NC(=O)C(F)(F)F)C(=O)OC[C@H]2c2c3c(c(C)c(OC(C)=O)c21)OCO3. The number of thioether (sulfide) groups is 1. The molecule has 5 heterocycles. The smallest absolute Gasteiger partial charge is 0.471 e. The molecule has 7 rings (SSSR count). The Morgan fingerprint density at radius 2 is 1.85 bits per heavy atom. The highest BCUT2D eigenvalue weighted by Gasteiger charge is 2.58. The van der Waals surface area contributed by atoms with Crippen LogP contribution in [0.1, 0.15) is 57.6 Å². The molecule has 258 valence electrons. The summed E-state index contributed by atoms with van der Waals surface area (Å²) in [5.41, 5.74) is 3.24. The maximum Gasteiger partial charge on any atom is 0.471 e. The van der Waals surface area contributed by atoms with E-state index in [1.807, 2.05) is 6.07 Å². The minimum Gasteiger partial charge on any atom is -0.504 e.